The summed E-state index contributed by atoms with van der Waals surface area (Å²) in [5, 5.41) is 6.41. The topological polar surface area (TPSA) is 84.0 Å². The summed E-state index contributed by atoms with van der Waals surface area (Å²) >= 11 is 1.99. The molecule has 3 aromatic heterocycles. The van der Waals surface area contributed by atoms with Crippen LogP contribution in [0.2, 0.25) is 0 Å². The molecule has 0 aliphatic heterocycles. The zero-order valence-electron chi connectivity index (χ0n) is 20.3. The van der Waals surface area contributed by atoms with Crippen LogP contribution in [0, 0.1) is 5.92 Å². The van der Waals surface area contributed by atoms with Crippen molar-refractivity contribution in [1.82, 2.24) is 15.3 Å². The van der Waals surface area contributed by atoms with Crippen molar-refractivity contribution in [2.75, 3.05) is 11.9 Å². The number of nitrogens with zero attached hydrogens (tertiary/aromatic N) is 2. The summed E-state index contributed by atoms with van der Waals surface area (Å²) in [6.45, 7) is 0.346. The number of halogens is 3. The monoisotopic (exact) mass is 558 g/mol. The van der Waals surface area contributed by atoms with Crippen LogP contribution >= 0.6 is 22.7 Å². The molecule has 1 fully saturated rings. The fourth-order valence-corrected chi connectivity index (χ4v) is 6.51. The van der Waals surface area contributed by atoms with E-state index in [4.69, 9.17) is 0 Å². The largest absolute Gasteiger partial charge is 0.435 e. The van der Waals surface area contributed by atoms with Gasteiger partial charge in [0.2, 0.25) is 0 Å². The Labute approximate surface area is 225 Å². The van der Waals surface area contributed by atoms with E-state index in [1.54, 1.807) is 42.6 Å². The van der Waals surface area contributed by atoms with E-state index in [9.17, 15) is 22.8 Å². The van der Waals surface area contributed by atoms with Crippen molar-refractivity contribution in [2.24, 2.45) is 5.92 Å². The average molecular weight is 559 g/mol. The smallest absolute Gasteiger partial charge is 0.351 e. The Morgan fingerprint density at radius 2 is 1.76 bits per heavy atom. The number of nitrogens with one attached hydrogen (secondary N) is 2. The zero-order chi connectivity index (χ0) is 26.7. The third-order valence-corrected chi connectivity index (χ3v) is 8.73. The number of pyridine rings is 1. The molecule has 1 aliphatic rings. The second-order valence-corrected chi connectivity index (χ2v) is 11.3. The van der Waals surface area contributed by atoms with E-state index in [0.717, 1.165) is 29.5 Å². The lowest BCUT2D eigenvalue weighted by Crippen LogP contribution is -2.27. The lowest BCUT2D eigenvalue weighted by Gasteiger charge is -2.21. The number of thiazole rings is 1. The minimum absolute atomic E-state index is 0.0863. The molecule has 198 valence electrons. The van der Waals surface area contributed by atoms with E-state index < -0.39 is 22.7 Å². The van der Waals surface area contributed by atoms with Gasteiger partial charge in [-0.1, -0.05) is 38.2 Å². The van der Waals surface area contributed by atoms with Crippen molar-refractivity contribution in [3.05, 3.63) is 64.1 Å². The second-order valence-electron chi connectivity index (χ2n) is 9.28. The summed E-state index contributed by atoms with van der Waals surface area (Å²) in [4.78, 5) is 34.2. The van der Waals surface area contributed by atoms with Crippen molar-refractivity contribution in [1.29, 1.82) is 0 Å². The Hall–Kier alpha value is -3.31. The summed E-state index contributed by atoms with van der Waals surface area (Å²) in [5.41, 5.74) is -0.272. The molecule has 2 N–H and O–H groups in total. The van der Waals surface area contributed by atoms with E-state index >= 15 is 0 Å². The number of fused-ring (bicyclic) bond motifs is 1. The molecule has 6 nitrogen and oxygen atoms in total. The van der Waals surface area contributed by atoms with Crippen LogP contribution in [0.15, 0.2) is 48.7 Å². The van der Waals surface area contributed by atoms with Gasteiger partial charge < -0.3 is 10.6 Å². The number of hydrogen-bond donors (Lipinski definition) is 2. The maximum Gasteiger partial charge on any atom is 0.435 e. The van der Waals surface area contributed by atoms with Gasteiger partial charge in [0.25, 0.3) is 11.8 Å². The van der Waals surface area contributed by atoms with Gasteiger partial charge in [0.15, 0.2) is 5.69 Å². The molecule has 1 aliphatic carbocycles. The Kier molecular flexibility index (Phi) is 7.75. The highest BCUT2D eigenvalue weighted by molar-refractivity contribution is 7.20. The van der Waals surface area contributed by atoms with Crippen LogP contribution in [0.25, 0.3) is 20.8 Å². The summed E-state index contributed by atoms with van der Waals surface area (Å²) in [6, 6.07) is 11.8. The minimum atomic E-state index is -4.75. The Bertz CT molecular complexity index is 1410. The van der Waals surface area contributed by atoms with Gasteiger partial charge in [0.1, 0.15) is 14.7 Å². The van der Waals surface area contributed by atoms with Gasteiger partial charge in [0, 0.05) is 29.4 Å². The summed E-state index contributed by atoms with van der Waals surface area (Å²) < 4.78 is 41.1. The molecule has 3 heterocycles. The van der Waals surface area contributed by atoms with Crippen LogP contribution in [0.5, 0.6) is 0 Å². The van der Waals surface area contributed by atoms with Gasteiger partial charge in [-0.3, -0.25) is 9.59 Å². The lowest BCUT2D eigenvalue weighted by molar-refractivity contribution is -0.141. The molecule has 1 aromatic carbocycles. The number of carbonyl (C=O) groups is 2. The fraction of sp³-hybridized carbons (Fsp3) is 0.333. The normalized spacial score (nSPS) is 14.5. The van der Waals surface area contributed by atoms with Gasteiger partial charge in [0.05, 0.1) is 4.88 Å². The quantitative estimate of drug-likeness (QED) is 0.248. The van der Waals surface area contributed by atoms with Crippen LogP contribution in [0.1, 0.15) is 63.6 Å². The molecule has 1 saturated carbocycles. The van der Waals surface area contributed by atoms with Gasteiger partial charge in [-0.05, 0) is 48.7 Å². The van der Waals surface area contributed by atoms with E-state index in [-0.39, 0.29) is 10.9 Å². The molecular formula is C27H25F3N4O2S2. The first kappa shape index (κ1) is 26.3. The van der Waals surface area contributed by atoms with Crippen molar-refractivity contribution in [3.8, 4) is 10.6 Å². The summed E-state index contributed by atoms with van der Waals surface area (Å²) in [7, 11) is 0. The van der Waals surface area contributed by atoms with E-state index in [1.165, 1.54) is 30.6 Å². The van der Waals surface area contributed by atoms with Crippen LogP contribution in [-0.2, 0) is 6.18 Å². The highest BCUT2D eigenvalue weighted by Crippen LogP contribution is 2.38. The Morgan fingerprint density at radius 1 is 1.00 bits per heavy atom. The third kappa shape index (κ3) is 6.05. The number of benzene rings is 1. The number of alkyl halides is 3. The molecule has 4 aromatic rings. The van der Waals surface area contributed by atoms with Crippen LogP contribution in [-0.4, -0.2) is 28.3 Å². The van der Waals surface area contributed by atoms with Crippen molar-refractivity contribution in [3.63, 3.8) is 0 Å². The number of rotatable bonds is 7. The van der Waals surface area contributed by atoms with Gasteiger partial charge in [-0.25, -0.2) is 9.97 Å². The number of thiophene rings is 1. The third-order valence-electron chi connectivity index (χ3n) is 6.57. The Morgan fingerprint density at radius 3 is 2.47 bits per heavy atom. The van der Waals surface area contributed by atoms with Crippen molar-refractivity contribution < 1.29 is 22.8 Å². The maximum absolute atomic E-state index is 13.7. The Balaban J connectivity index is 1.27. The first-order chi connectivity index (χ1) is 18.3. The SMILES string of the molecule is O=C(Nc1ccc(-c2nc(C(F)(F)F)c(C(=O)NCCC3CCCCC3)s2)cc1)c1cc2cccnc2s1. The van der Waals surface area contributed by atoms with Crippen LogP contribution < -0.4 is 10.6 Å². The van der Waals surface area contributed by atoms with Gasteiger partial charge in [-0.15, -0.1) is 22.7 Å². The fourth-order valence-electron chi connectivity index (χ4n) is 4.61. The summed E-state index contributed by atoms with van der Waals surface area (Å²) in [6.07, 6.45) is 3.44. The molecule has 0 bridgehead atoms. The van der Waals surface area contributed by atoms with E-state index in [2.05, 4.69) is 20.6 Å². The number of carbonyl (C=O) groups excluding carboxylic acids is 2. The van der Waals surface area contributed by atoms with Crippen molar-refractivity contribution in [2.45, 2.75) is 44.7 Å². The number of anilines is 1. The molecule has 5 rings (SSSR count). The minimum Gasteiger partial charge on any atom is -0.351 e. The highest BCUT2D eigenvalue weighted by atomic mass is 32.1. The summed E-state index contributed by atoms with van der Waals surface area (Å²) in [5.74, 6) is -0.544. The molecule has 11 heteroatoms. The lowest BCUT2D eigenvalue weighted by atomic mass is 9.87. The predicted molar refractivity (Wildman–Crippen MR) is 144 cm³/mol. The maximum atomic E-state index is 13.7. The number of aromatic nitrogens is 2. The first-order valence-electron chi connectivity index (χ1n) is 12.4. The van der Waals surface area contributed by atoms with Crippen LogP contribution in [0.4, 0.5) is 18.9 Å². The molecule has 0 saturated heterocycles. The van der Waals surface area contributed by atoms with Crippen molar-refractivity contribution >= 4 is 50.4 Å². The van der Waals surface area contributed by atoms with E-state index in [0.29, 0.717) is 39.9 Å². The number of amides is 2. The zero-order valence-corrected chi connectivity index (χ0v) is 21.9. The molecule has 0 atom stereocenters. The second kappa shape index (κ2) is 11.2. The molecule has 0 unspecified atom stereocenters. The molecule has 2 amide bonds. The predicted octanol–water partition coefficient (Wildman–Crippen LogP) is 7.39. The van der Waals surface area contributed by atoms with Crippen LogP contribution in [0.3, 0.4) is 0 Å². The molecule has 0 spiro atoms. The highest BCUT2D eigenvalue weighted by Gasteiger charge is 2.39. The van der Waals surface area contributed by atoms with E-state index in [1.807, 2.05) is 6.07 Å². The molecule has 0 radical (unpaired) electrons. The van der Waals surface area contributed by atoms with Gasteiger partial charge in [-0.2, -0.15) is 13.2 Å². The standard InChI is InChI=1S/C27H25F3N4O2S2/c28-27(29,30)22-21(24(36)31-14-12-16-5-2-1-3-6-16)38-26(34-22)17-8-10-19(11-9-17)33-23(35)20-15-18-7-4-13-32-25(18)37-20/h4,7-11,13,15-16H,1-3,5-6,12,14H2,(H,31,36)(H,33,35). The van der Waals surface area contributed by atoms with Gasteiger partial charge >= 0.3 is 6.18 Å². The first-order valence-corrected chi connectivity index (χ1v) is 14.0. The average Bonchev–Trinajstić information content (AvgIpc) is 3.55. The number of hydrogen-bond acceptors (Lipinski definition) is 6. The molecule has 38 heavy (non-hydrogen) atoms. The molecular weight excluding hydrogens is 533 g/mol.